The van der Waals surface area contributed by atoms with Gasteiger partial charge in [-0.3, -0.25) is 4.79 Å². The van der Waals surface area contributed by atoms with Crippen LogP contribution in [0.5, 0.6) is 0 Å². The van der Waals surface area contributed by atoms with Crippen molar-refractivity contribution < 1.29 is 14.3 Å². The SMILES string of the molecule is Cc1cc(C(=O)NCc2ccoc2)ccc1C#CCO. The molecule has 0 aliphatic heterocycles. The quantitative estimate of drug-likeness (QED) is 0.836. The fourth-order valence-electron chi connectivity index (χ4n) is 1.76. The van der Waals surface area contributed by atoms with Gasteiger partial charge in [-0.15, -0.1) is 0 Å². The lowest BCUT2D eigenvalue weighted by molar-refractivity contribution is 0.0951. The van der Waals surface area contributed by atoms with Crippen molar-refractivity contribution in [3.63, 3.8) is 0 Å². The summed E-state index contributed by atoms with van der Waals surface area (Å²) in [5, 5.41) is 11.5. The molecule has 0 aliphatic carbocycles. The summed E-state index contributed by atoms with van der Waals surface area (Å²) < 4.78 is 4.94. The monoisotopic (exact) mass is 269 g/mol. The summed E-state index contributed by atoms with van der Waals surface area (Å²) in [6.07, 6.45) is 3.17. The van der Waals surface area contributed by atoms with Gasteiger partial charge in [0.1, 0.15) is 6.61 Å². The van der Waals surface area contributed by atoms with Crippen LogP contribution in [0.1, 0.15) is 27.0 Å². The first-order valence-corrected chi connectivity index (χ1v) is 6.20. The second-order valence-corrected chi connectivity index (χ2v) is 4.30. The van der Waals surface area contributed by atoms with Gasteiger partial charge in [-0.05, 0) is 36.8 Å². The summed E-state index contributed by atoms with van der Waals surface area (Å²) >= 11 is 0. The van der Waals surface area contributed by atoms with Gasteiger partial charge in [0.15, 0.2) is 0 Å². The number of aliphatic hydroxyl groups excluding tert-OH is 1. The zero-order valence-electron chi connectivity index (χ0n) is 11.1. The van der Waals surface area contributed by atoms with Crippen molar-refractivity contribution in [3.8, 4) is 11.8 Å². The molecule has 1 aromatic carbocycles. The van der Waals surface area contributed by atoms with Gasteiger partial charge in [0.25, 0.3) is 5.91 Å². The molecule has 0 unspecified atom stereocenters. The Kier molecular flexibility index (Phi) is 4.59. The molecule has 4 heteroatoms. The highest BCUT2D eigenvalue weighted by Gasteiger charge is 2.07. The maximum atomic E-state index is 12.0. The first-order chi connectivity index (χ1) is 9.70. The van der Waals surface area contributed by atoms with Crippen LogP contribution in [0.2, 0.25) is 0 Å². The van der Waals surface area contributed by atoms with Gasteiger partial charge in [0, 0.05) is 23.2 Å². The minimum absolute atomic E-state index is 0.143. The van der Waals surface area contributed by atoms with E-state index in [-0.39, 0.29) is 12.5 Å². The van der Waals surface area contributed by atoms with Gasteiger partial charge < -0.3 is 14.8 Å². The third-order valence-corrected chi connectivity index (χ3v) is 2.82. The highest BCUT2D eigenvalue weighted by atomic mass is 16.3. The molecule has 2 aromatic rings. The zero-order valence-corrected chi connectivity index (χ0v) is 11.1. The molecule has 102 valence electrons. The summed E-state index contributed by atoms with van der Waals surface area (Å²) in [4.78, 5) is 12.0. The van der Waals surface area contributed by atoms with Crippen LogP contribution in [0.15, 0.2) is 41.2 Å². The average Bonchev–Trinajstić information content (AvgIpc) is 2.96. The molecule has 4 nitrogen and oxygen atoms in total. The molecule has 0 atom stereocenters. The van der Waals surface area contributed by atoms with Gasteiger partial charge in [-0.25, -0.2) is 0 Å². The molecule has 0 spiro atoms. The van der Waals surface area contributed by atoms with Crippen molar-refractivity contribution in [2.45, 2.75) is 13.5 Å². The Labute approximate surface area is 117 Å². The third-order valence-electron chi connectivity index (χ3n) is 2.82. The number of rotatable bonds is 3. The first kappa shape index (κ1) is 13.9. The van der Waals surface area contributed by atoms with E-state index in [0.29, 0.717) is 12.1 Å². The predicted octanol–water partition coefficient (Wildman–Crippen LogP) is 1.86. The van der Waals surface area contributed by atoms with E-state index < -0.39 is 0 Å². The molecule has 1 heterocycles. The molecule has 20 heavy (non-hydrogen) atoms. The van der Waals surface area contributed by atoms with Gasteiger partial charge in [-0.2, -0.15) is 0 Å². The summed E-state index contributed by atoms with van der Waals surface area (Å²) in [7, 11) is 0. The van der Waals surface area contributed by atoms with E-state index in [1.54, 1.807) is 36.8 Å². The van der Waals surface area contributed by atoms with Crippen molar-refractivity contribution in [2.24, 2.45) is 0 Å². The van der Waals surface area contributed by atoms with Crippen LogP contribution in [0.4, 0.5) is 0 Å². The fourth-order valence-corrected chi connectivity index (χ4v) is 1.76. The molecule has 0 radical (unpaired) electrons. The molecule has 1 aromatic heterocycles. The van der Waals surface area contributed by atoms with E-state index >= 15 is 0 Å². The Bertz CT molecular complexity index is 648. The highest BCUT2D eigenvalue weighted by Crippen LogP contribution is 2.10. The molecule has 0 saturated heterocycles. The second-order valence-electron chi connectivity index (χ2n) is 4.30. The van der Waals surface area contributed by atoms with Gasteiger partial charge >= 0.3 is 0 Å². The Morgan fingerprint density at radius 2 is 2.25 bits per heavy atom. The van der Waals surface area contributed by atoms with Gasteiger partial charge in [0.2, 0.25) is 0 Å². The van der Waals surface area contributed by atoms with Crippen LogP contribution in [0.25, 0.3) is 0 Å². The Balaban J connectivity index is 2.05. The van der Waals surface area contributed by atoms with Gasteiger partial charge in [-0.1, -0.05) is 11.8 Å². The number of nitrogens with one attached hydrogen (secondary N) is 1. The number of hydrogen-bond donors (Lipinski definition) is 2. The number of amides is 1. The predicted molar refractivity (Wildman–Crippen MR) is 75.0 cm³/mol. The minimum atomic E-state index is -0.174. The van der Waals surface area contributed by atoms with Crippen LogP contribution in [0, 0.1) is 18.8 Å². The number of carbonyl (C=O) groups is 1. The number of aryl methyl sites for hydroxylation is 1. The van der Waals surface area contributed by atoms with E-state index in [0.717, 1.165) is 16.7 Å². The summed E-state index contributed by atoms with van der Waals surface area (Å²) in [5.74, 6) is 5.29. The molecular weight excluding hydrogens is 254 g/mol. The zero-order chi connectivity index (χ0) is 14.4. The van der Waals surface area contributed by atoms with Crippen LogP contribution in [0.3, 0.4) is 0 Å². The topological polar surface area (TPSA) is 62.5 Å². The maximum absolute atomic E-state index is 12.0. The number of aliphatic hydroxyl groups is 1. The highest BCUT2D eigenvalue weighted by molar-refractivity contribution is 5.94. The normalized spacial score (nSPS) is 9.70. The number of hydrogen-bond acceptors (Lipinski definition) is 3. The number of carbonyl (C=O) groups excluding carboxylic acids is 1. The Hall–Kier alpha value is -2.51. The lowest BCUT2D eigenvalue weighted by atomic mass is 10.0. The lowest BCUT2D eigenvalue weighted by Crippen LogP contribution is -2.22. The van der Waals surface area contributed by atoms with Crippen molar-refractivity contribution in [1.29, 1.82) is 0 Å². The number of benzene rings is 1. The van der Waals surface area contributed by atoms with Gasteiger partial charge in [0.05, 0.1) is 12.5 Å². The van der Waals surface area contributed by atoms with Crippen LogP contribution >= 0.6 is 0 Å². The molecule has 0 fully saturated rings. The Morgan fingerprint density at radius 3 is 2.90 bits per heavy atom. The molecule has 2 N–H and O–H groups in total. The van der Waals surface area contributed by atoms with Crippen LogP contribution in [-0.2, 0) is 6.54 Å². The summed E-state index contributed by atoms with van der Waals surface area (Å²) in [5.41, 5.74) is 3.22. The number of furan rings is 1. The van der Waals surface area contributed by atoms with E-state index in [4.69, 9.17) is 9.52 Å². The molecular formula is C16H15NO3. The van der Waals surface area contributed by atoms with E-state index in [9.17, 15) is 4.79 Å². The minimum Gasteiger partial charge on any atom is -0.472 e. The maximum Gasteiger partial charge on any atom is 0.251 e. The van der Waals surface area contributed by atoms with Crippen molar-refractivity contribution in [3.05, 3.63) is 59.0 Å². The molecule has 0 bridgehead atoms. The fraction of sp³-hybridized carbons (Fsp3) is 0.188. The van der Waals surface area contributed by atoms with E-state index in [1.807, 2.05) is 6.92 Å². The lowest BCUT2D eigenvalue weighted by Gasteiger charge is -2.05. The molecule has 0 aliphatic rings. The van der Waals surface area contributed by atoms with Crippen LogP contribution < -0.4 is 5.32 Å². The molecule has 1 amide bonds. The largest absolute Gasteiger partial charge is 0.472 e. The third kappa shape index (κ3) is 3.50. The molecule has 2 rings (SSSR count). The summed E-state index contributed by atoms with van der Waals surface area (Å²) in [6, 6.07) is 7.09. The van der Waals surface area contributed by atoms with Crippen molar-refractivity contribution >= 4 is 5.91 Å². The Morgan fingerprint density at radius 1 is 1.40 bits per heavy atom. The van der Waals surface area contributed by atoms with Crippen molar-refractivity contribution in [1.82, 2.24) is 5.32 Å². The van der Waals surface area contributed by atoms with Crippen LogP contribution in [-0.4, -0.2) is 17.6 Å². The van der Waals surface area contributed by atoms with E-state index in [1.165, 1.54) is 0 Å². The second kappa shape index (κ2) is 6.60. The first-order valence-electron chi connectivity index (χ1n) is 6.20. The average molecular weight is 269 g/mol. The smallest absolute Gasteiger partial charge is 0.251 e. The standard InChI is InChI=1S/C16H15NO3/c1-12-9-15(5-4-14(12)3-2-7-18)16(19)17-10-13-6-8-20-11-13/h4-6,8-9,11,18H,7,10H2,1H3,(H,17,19). The molecule has 0 saturated carbocycles. The van der Waals surface area contributed by atoms with Crippen molar-refractivity contribution in [2.75, 3.05) is 6.61 Å². The summed E-state index contributed by atoms with van der Waals surface area (Å²) in [6.45, 7) is 2.14. The van der Waals surface area contributed by atoms with E-state index in [2.05, 4.69) is 17.2 Å².